The van der Waals surface area contributed by atoms with Crippen molar-refractivity contribution in [3.8, 4) is 23.0 Å². The van der Waals surface area contributed by atoms with Crippen molar-refractivity contribution in [1.82, 2.24) is 0 Å². The third-order valence-electron chi connectivity index (χ3n) is 4.46. The molecule has 0 aromatic heterocycles. The summed E-state index contributed by atoms with van der Waals surface area (Å²) in [5.41, 5.74) is 0.870. The molecule has 2 aromatic carbocycles. The highest BCUT2D eigenvalue weighted by molar-refractivity contribution is 7.90. The lowest BCUT2D eigenvalue weighted by molar-refractivity contribution is 0.159. The summed E-state index contributed by atoms with van der Waals surface area (Å²) in [5.74, 6) is 1.72. The molecular weight excluding hydrogens is 380 g/mol. The van der Waals surface area contributed by atoms with Gasteiger partial charge in [0.25, 0.3) is 0 Å². The van der Waals surface area contributed by atoms with Crippen molar-refractivity contribution in [2.75, 3.05) is 21.3 Å². The molecule has 0 unspecified atom stereocenters. The van der Waals surface area contributed by atoms with Crippen LogP contribution in [-0.2, 0) is 15.6 Å². The zero-order chi connectivity index (χ0) is 20.5. The first kappa shape index (κ1) is 20.1. The zero-order valence-electron chi connectivity index (χ0n) is 16.6. The Morgan fingerprint density at radius 1 is 0.964 bits per heavy atom. The molecule has 0 aliphatic carbocycles. The Labute approximate surface area is 165 Å². The minimum Gasteiger partial charge on any atom is -0.493 e. The summed E-state index contributed by atoms with van der Waals surface area (Å²) in [6, 6.07) is 8.18. The van der Waals surface area contributed by atoms with Crippen LogP contribution in [0.2, 0.25) is 0 Å². The van der Waals surface area contributed by atoms with E-state index in [0.717, 1.165) is 5.56 Å². The van der Waals surface area contributed by atoms with E-state index in [4.69, 9.17) is 18.9 Å². The van der Waals surface area contributed by atoms with Crippen LogP contribution in [0.1, 0.15) is 25.0 Å². The Hall–Kier alpha value is -2.67. The largest absolute Gasteiger partial charge is 0.493 e. The number of hydrogen-bond acceptors (Lipinski definition) is 6. The van der Waals surface area contributed by atoms with Gasteiger partial charge in [0.05, 0.1) is 32.0 Å². The van der Waals surface area contributed by atoms with E-state index in [1.165, 1.54) is 21.3 Å². The summed E-state index contributed by atoms with van der Waals surface area (Å²) in [6.45, 7) is 3.89. The zero-order valence-corrected chi connectivity index (χ0v) is 17.4. The van der Waals surface area contributed by atoms with Crippen LogP contribution in [0.4, 0.5) is 0 Å². The van der Waals surface area contributed by atoms with E-state index in [-0.39, 0.29) is 10.6 Å². The topological polar surface area (TPSA) is 71.1 Å². The summed E-state index contributed by atoms with van der Waals surface area (Å²) in [4.78, 5) is 0.230. The molecule has 0 N–H and O–H groups in total. The monoisotopic (exact) mass is 404 g/mol. The van der Waals surface area contributed by atoms with Gasteiger partial charge in [-0.3, -0.25) is 0 Å². The van der Waals surface area contributed by atoms with E-state index >= 15 is 0 Å². The van der Waals surface area contributed by atoms with Gasteiger partial charge in [0.15, 0.2) is 21.3 Å². The molecule has 0 saturated carbocycles. The van der Waals surface area contributed by atoms with Gasteiger partial charge in [0, 0.05) is 5.56 Å². The van der Waals surface area contributed by atoms with Crippen LogP contribution in [-0.4, -0.2) is 35.3 Å². The molecule has 0 fully saturated rings. The van der Waals surface area contributed by atoms with Crippen molar-refractivity contribution in [3.63, 3.8) is 0 Å². The fourth-order valence-corrected chi connectivity index (χ4v) is 4.43. The molecular formula is C21H24O6S. The molecule has 0 radical (unpaired) electrons. The third-order valence-corrected chi connectivity index (χ3v) is 6.14. The number of hydrogen-bond donors (Lipinski definition) is 0. The SMILES string of the molecule is COc1cc(CS(=O)(=O)c2ccc3c(c2)C=CC(C)(C)O3)cc(OC)c1OC. The molecule has 6 nitrogen and oxygen atoms in total. The van der Waals surface area contributed by atoms with Gasteiger partial charge < -0.3 is 18.9 Å². The molecule has 0 bridgehead atoms. The molecule has 150 valence electrons. The van der Waals surface area contributed by atoms with E-state index in [2.05, 4.69) is 0 Å². The fourth-order valence-electron chi connectivity index (χ4n) is 3.07. The number of rotatable bonds is 6. The highest BCUT2D eigenvalue weighted by atomic mass is 32.2. The van der Waals surface area contributed by atoms with Gasteiger partial charge in [0.1, 0.15) is 11.4 Å². The Morgan fingerprint density at radius 2 is 1.61 bits per heavy atom. The Bertz CT molecular complexity index is 996. The van der Waals surface area contributed by atoms with Crippen LogP contribution in [0.15, 0.2) is 41.3 Å². The van der Waals surface area contributed by atoms with Crippen LogP contribution in [0.25, 0.3) is 6.08 Å². The van der Waals surface area contributed by atoms with Crippen molar-refractivity contribution >= 4 is 15.9 Å². The van der Waals surface area contributed by atoms with Crippen LogP contribution >= 0.6 is 0 Å². The molecule has 3 rings (SSSR count). The number of sulfone groups is 1. The molecule has 1 heterocycles. The Kier molecular flexibility index (Phi) is 5.30. The Balaban J connectivity index is 1.95. The second-order valence-electron chi connectivity index (χ2n) is 7.03. The number of methoxy groups -OCH3 is 3. The first-order chi connectivity index (χ1) is 13.2. The van der Waals surface area contributed by atoms with Crippen LogP contribution in [0.5, 0.6) is 23.0 Å². The maximum absolute atomic E-state index is 13.0. The van der Waals surface area contributed by atoms with Crippen molar-refractivity contribution in [1.29, 1.82) is 0 Å². The van der Waals surface area contributed by atoms with Crippen molar-refractivity contribution in [3.05, 3.63) is 47.5 Å². The predicted octanol–water partition coefficient (Wildman–Crippen LogP) is 3.87. The fraction of sp³-hybridized carbons (Fsp3) is 0.333. The quantitative estimate of drug-likeness (QED) is 0.728. The van der Waals surface area contributed by atoms with Crippen molar-refractivity contribution in [2.45, 2.75) is 30.1 Å². The Morgan fingerprint density at radius 3 is 2.18 bits per heavy atom. The molecule has 0 spiro atoms. The van der Waals surface area contributed by atoms with Gasteiger partial charge in [-0.15, -0.1) is 0 Å². The molecule has 1 aliphatic rings. The second-order valence-corrected chi connectivity index (χ2v) is 9.02. The molecule has 2 aromatic rings. The van der Waals surface area contributed by atoms with E-state index in [9.17, 15) is 8.42 Å². The average Bonchev–Trinajstić information content (AvgIpc) is 2.65. The second kappa shape index (κ2) is 7.39. The first-order valence-electron chi connectivity index (χ1n) is 8.73. The van der Waals surface area contributed by atoms with E-state index in [1.807, 2.05) is 26.0 Å². The number of ether oxygens (including phenoxy) is 4. The lowest BCUT2D eigenvalue weighted by atomic mass is 10.0. The number of fused-ring (bicyclic) bond motifs is 1. The normalized spacial score (nSPS) is 14.8. The molecule has 0 amide bonds. The van der Waals surface area contributed by atoms with E-state index in [1.54, 1.807) is 30.3 Å². The maximum Gasteiger partial charge on any atom is 0.203 e. The minimum absolute atomic E-state index is 0.196. The third kappa shape index (κ3) is 3.94. The molecule has 1 aliphatic heterocycles. The van der Waals surface area contributed by atoms with Crippen LogP contribution in [0, 0.1) is 0 Å². The van der Waals surface area contributed by atoms with Crippen LogP contribution < -0.4 is 18.9 Å². The average molecular weight is 404 g/mol. The first-order valence-corrected chi connectivity index (χ1v) is 10.4. The van der Waals surface area contributed by atoms with E-state index < -0.39 is 15.4 Å². The van der Waals surface area contributed by atoms with Gasteiger partial charge in [0.2, 0.25) is 5.75 Å². The summed E-state index contributed by atoms with van der Waals surface area (Å²) in [5, 5.41) is 0. The summed E-state index contributed by atoms with van der Waals surface area (Å²) < 4.78 is 47.7. The highest BCUT2D eigenvalue weighted by Crippen LogP contribution is 2.39. The summed E-state index contributed by atoms with van der Waals surface area (Å²) in [6.07, 6.45) is 3.79. The smallest absolute Gasteiger partial charge is 0.203 e. The van der Waals surface area contributed by atoms with E-state index in [0.29, 0.717) is 28.6 Å². The van der Waals surface area contributed by atoms with Crippen LogP contribution in [0.3, 0.4) is 0 Å². The summed E-state index contributed by atoms with van der Waals surface area (Å²) in [7, 11) is 0.900. The predicted molar refractivity (Wildman–Crippen MR) is 107 cm³/mol. The maximum atomic E-state index is 13.0. The van der Waals surface area contributed by atoms with Gasteiger partial charge >= 0.3 is 0 Å². The minimum atomic E-state index is -3.59. The van der Waals surface area contributed by atoms with Crippen molar-refractivity contribution < 1.29 is 27.4 Å². The van der Waals surface area contributed by atoms with Crippen molar-refractivity contribution in [2.24, 2.45) is 0 Å². The molecule has 28 heavy (non-hydrogen) atoms. The lowest BCUT2D eigenvalue weighted by Gasteiger charge is -2.28. The van der Waals surface area contributed by atoms with Gasteiger partial charge in [-0.1, -0.05) is 6.08 Å². The highest BCUT2D eigenvalue weighted by Gasteiger charge is 2.24. The molecule has 0 saturated heterocycles. The lowest BCUT2D eigenvalue weighted by Crippen LogP contribution is -2.27. The number of benzene rings is 2. The molecule has 0 atom stereocenters. The standard InChI is InChI=1S/C21H24O6S/c1-21(2)9-8-15-12-16(6-7-17(15)27-21)28(22,23)13-14-10-18(24-3)20(26-5)19(11-14)25-4/h6-12H,13H2,1-5H3. The van der Waals surface area contributed by atoms with Gasteiger partial charge in [-0.2, -0.15) is 0 Å². The summed E-state index contributed by atoms with van der Waals surface area (Å²) >= 11 is 0. The van der Waals surface area contributed by atoms with Gasteiger partial charge in [-0.25, -0.2) is 8.42 Å². The molecule has 7 heteroatoms. The van der Waals surface area contributed by atoms with Gasteiger partial charge in [-0.05, 0) is 55.8 Å².